The van der Waals surface area contributed by atoms with E-state index in [-0.39, 0.29) is 17.7 Å². The third kappa shape index (κ3) is 4.08. The highest BCUT2D eigenvalue weighted by molar-refractivity contribution is 7.99. The summed E-state index contributed by atoms with van der Waals surface area (Å²) in [5, 5.41) is 7.32. The number of rotatable bonds is 5. The highest BCUT2D eigenvalue weighted by atomic mass is 35.5. The zero-order chi connectivity index (χ0) is 21.4. The van der Waals surface area contributed by atoms with E-state index in [1.54, 1.807) is 18.5 Å². The van der Waals surface area contributed by atoms with E-state index in [0.29, 0.717) is 28.0 Å². The van der Waals surface area contributed by atoms with E-state index in [2.05, 4.69) is 20.1 Å². The Morgan fingerprint density at radius 2 is 2.16 bits per heavy atom. The van der Waals surface area contributed by atoms with Gasteiger partial charge in [-0.15, -0.1) is 0 Å². The summed E-state index contributed by atoms with van der Waals surface area (Å²) in [5.41, 5.74) is 4.34. The minimum absolute atomic E-state index is 0.125. The first-order chi connectivity index (χ1) is 15.1. The molecule has 0 spiro atoms. The molecule has 0 unspecified atom stereocenters. The predicted molar refractivity (Wildman–Crippen MR) is 120 cm³/mol. The summed E-state index contributed by atoms with van der Waals surface area (Å²) in [6.45, 7) is 2.04. The summed E-state index contributed by atoms with van der Waals surface area (Å²) in [7, 11) is 0. The summed E-state index contributed by atoms with van der Waals surface area (Å²) < 4.78 is 5.60. The highest BCUT2D eigenvalue weighted by Crippen LogP contribution is 2.34. The molecule has 31 heavy (non-hydrogen) atoms. The molecule has 0 saturated carbocycles. The van der Waals surface area contributed by atoms with Crippen LogP contribution in [0.4, 0.5) is 0 Å². The second-order valence-corrected chi connectivity index (χ2v) is 8.64. The van der Waals surface area contributed by atoms with E-state index < -0.39 is 0 Å². The molecule has 1 N–H and O–H groups in total. The zero-order valence-electron chi connectivity index (χ0n) is 16.6. The Balaban J connectivity index is 1.36. The number of amides is 1. The van der Waals surface area contributed by atoms with Gasteiger partial charge in [0.25, 0.3) is 5.91 Å². The average molecular weight is 452 g/mol. The summed E-state index contributed by atoms with van der Waals surface area (Å²) in [4.78, 5) is 24.8. The molecule has 1 aliphatic heterocycles. The van der Waals surface area contributed by atoms with Crippen molar-refractivity contribution in [2.75, 3.05) is 5.75 Å². The Morgan fingerprint density at radius 1 is 1.32 bits per heavy atom. The molecule has 4 heterocycles. The summed E-state index contributed by atoms with van der Waals surface area (Å²) in [6.07, 6.45) is 3.76. The van der Waals surface area contributed by atoms with Gasteiger partial charge in [0.1, 0.15) is 11.8 Å². The molecule has 156 valence electrons. The number of aryl methyl sites for hydroxylation is 1. The lowest BCUT2D eigenvalue weighted by Crippen LogP contribution is -2.28. The molecule has 7 nitrogen and oxygen atoms in total. The van der Waals surface area contributed by atoms with Gasteiger partial charge in [0, 0.05) is 12.6 Å². The number of carbonyl (C=O) groups excluding carboxylic acids is 1. The molecule has 1 amide bonds. The Hall–Kier alpha value is -3.10. The lowest BCUT2D eigenvalue weighted by Gasteiger charge is -2.19. The number of fused-ring (bicyclic) bond motifs is 1. The van der Waals surface area contributed by atoms with Gasteiger partial charge in [-0.05, 0) is 30.7 Å². The summed E-state index contributed by atoms with van der Waals surface area (Å²) in [5.74, 6) is 0.766. The van der Waals surface area contributed by atoms with E-state index in [1.165, 1.54) is 22.3 Å². The second kappa shape index (κ2) is 8.20. The van der Waals surface area contributed by atoms with Crippen LogP contribution in [0.3, 0.4) is 0 Å². The van der Waals surface area contributed by atoms with Gasteiger partial charge >= 0.3 is 0 Å². The van der Waals surface area contributed by atoms with E-state index in [0.717, 1.165) is 16.8 Å². The maximum atomic E-state index is 13.1. The van der Waals surface area contributed by atoms with Crippen LogP contribution in [0, 0.1) is 6.92 Å². The van der Waals surface area contributed by atoms with Gasteiger partial charge in [0.2, 0.25) is 0 Å². The molecule has 9 heteroatoms. The number of nitrogens with zero attached hydrogens (tertiary/aromatic N) is 4. The number of pyridine rings is 1. The van der Waals surface area contributed by atoms with Gasteiger partial charge in [0.15, 0.2) is 10.8 Å². The number of imidazole rings is 1. The van der Waals surface area contributed by atoms with E-state index in [4.69, 9.17) is 16.0 Å². The highest BCUT2D eigenvalue weighted by Gasteiger charge is 2.34. The first-order valence-electron chi connectivity index (χ1n) is 9.71. The van der Waals surface area contributed by atoms with Crippen LogP contribution in [0.1, 0.15) is 29.3 Å². The van der Waals surface area contributed by atoms with Crippen molar-refractivity contribution in [1.29, 1.82) is 0 Å². The topological polar surface area (TPSA) is 87.4 Å². The molecule has 0 bridgehead atoms. The fourth-order valence-electron chi connectivity index (χ4n) is 3.48. The molecule has 1 aromatic carbocycles. The second-order valence-electron chi connectivity index (χ2n) is 7.24. The number of hydrogen-bond acceptors (Lipinski definition) is 6. The fraction of sp³-hybridized carbons (Fsp3) is 0.182. The largest absolute Gasteiger partial charge is 0.467 e. The van der Waals surface area contributed by atoms with Crippen molar-refractivity contribution in [3.8, 4) is 0 Å². The van der Waals surface area contributed by atoms with Crippen molar-refractivity contribution in [2.45, 2.75) is 24.5 Å². The number of hydrazone groups is 1. The number of halogens is 1. The zero-order valence-corrected chi connectivity index (χ0v) is 18.2. The van der Waals surface area contributed by atoms with E-state index in [1.807, 2.05) is 43.3 Å². The van der Waals surface area contributed by atoms with Gasteiger partial charge < -0.3 is 9.40 Å². The summed E-state index contributed by atoms with van der Waals surface area (Å²) >= 11 is 7.28. The maximum Gasteiger partial charge on any atom is 0.253 e. The quantitative estimate of drug-likeness (QED) is 0.432. The molecule has 0 fully saturated rings. The van der Waals surface area contributed by atoms with Crippen molar-refractivity contribution in [2.24, 2.45) is 5.10 Å². The monoisotopic (exact) mass is 451 g/mol. The molecule has 0 saturated heterocycles. The third-order valence-corrected chi connectivity index (χ3v) is 6.10. The Kier molecular flexibility index (Phi) is 5.25. The fourth-order valence-corrected chi connectivity index (χ4v) is 4.36. The SMILES string of the molecule is Cc1ccc(C2=NN(C(=O)CSc3nc4ncc(Cl)cc4[nH]3)[C@@H](c3ccco3)C2)cc1. The van der Waals surface area contributed by atoms with Crippen LogP contribution in [0.15, 0.2) is 69.6 Å². The number of aromatic nitrogens is 3. The number of thioether (sulfide) groups is 1. The number of aromatic amines is 1. The van der Waals surface area contributed by atoms with Crippen molar-refractivity contribution in [3.05, 3.63) is 76.8 Å². The van der Waals surface area contributed by atoms with Gasteiger partial charge in [-0.3, -0.25) is 4.79 Å². The Bertz CT molecular complexity index is 1270. The minimum Gasteiger partial charge on any atom is -0.467 e. The number of furan rings is 1. The first kappa shape index (κ1) is 19.8. The van der Waals surface area contributed by atoms with Gasteiger partial charge in [0.05, 0.1) is 28.3 Å². The lowest BCUT2D eigenvalue weighted by atomic mass is 10.0. The molecular weight excluding hydrogens is 434 g/mol. The molecule has 5 rings (SSSR count). The molecule has 0 aliphatic carbocycles. The van der Waals surface area contributed by atoms with Crippen LogP contribution in [0.25, 0.3) is 11.2 Å². The molecule has 1 atom stereocenters. The van der Waals surface area contributed by atoms with Crippen LogP contribution in [-0.4, -0.2) is 37.3 Å². The normalized spacial score (nSPS) is 16.1. The molecule has 3 aromatic heterocycles. The number of nitrogens with one attached hydrogen (secondary N) is 1. The van der Waals surface area contributed by atoms with Gasteiger partial charge in [-0.2, -0.15) is 5.10 Å². The number of benzene rings is 1. The van der Waals surface area contributed by atoms with Gasteiger partial charge in [-0.1, -0.05) is 53.2 Å². The average Bonchev–Trinajstić information content (AvgIpc) is 3.50. The van der Waals surface area contributed by atoms with Crippen LogP contribution < -0.4 is 0 Å². The minimum atomic E-state index is -0.268. The van der Waals surface area contributed by atoms with E-state index in [9.17, 15) is 4.79 Å². The molecule has 4 aromatic rings. The smallest absolute Gasteiger partial charge is 0.253 e. The maximum absolute atomic E-state index is 13.1. The van der Waals surface area contributed by atoms with Crippen molar-refractivity contribution in [1.82, 2.24) is 20.0 Å². The summed E-state index contributed by atoms with van der Waals surface area (Å²) in [6, 6.07) is 13.3. The Morgan fingerprint density at radius 3 is 2.94 bits per heavy atom. The van der Waals surface area contributed by atoms with Crippen LogP contribution in [0.2, 0.25) is 5.02 Å². The predicted octanol–water partition coefficient (Wildman–Crippen LogP) is 4.98. The third-order valence-electron chi connectivity index (χ3n) is 5.04. The molecule has 1 aliphatic rings. The van der Waals surface area contributed by atoms with Crippen LogP contribution in [-0.2, 0) is 4.79 Å². The molecule has 0 radical (unpaired) electrons. The molecular formula is C22H18ClN5O2S. The Labute approximate surface area is 187 Å². The van der Waals surface area contributed by atoms with Crippen LogP contribution in [0.5, 0.6) is 0 Å². The standard InChI is InChI=1S/C22H18ClN5O2S/c1-13-4-6-14(7-5-13)16-10-18(19-3-2-8-30-19)28(27-16)20(29)12-31-22-25-17-9-15(23)11-24-21(17)26-22/h2-9,11,18H,10,12H2,1H3,(H,24,25,26)/t18-/m1/s1. The lowest BCUT2D eigenvalue weighted by molar-refractivity contribution is -0.130. The van der Waals surface area contributed by atoms with Gasteiger partial charge in [-0.25, -0.2) is 15.0 Å². The first-order valence-corrected chi connectivity index (χ1v) is 11.1. The number of carbonyl (C=O) groups is 1. The number of H-pyrrole nitrogens is 1. The van der Waals surface area contributed by atoms with Crippen molar-refractivity contribution >= 4 is 46.1 Å². The van der Waals surface area contributed by atoms with Crippen LogP contribution >= 0.6 is 23.4 Å². The van der Waals surface area contributed by atoms with Crippen molar-refractivity contribution < 1.29 is 9.21 Å². The van der Waals surface area contributed by atoms with Crippen molar-refractivity contribution in [3.63, 3.8) is 0 Å². The number of hydrogen-bond donors (Lipinski definition) is 1. The van der Waals surface area contributed by atoms with E-state index >= 15 is 0 Å².